The molecule has 2 aromatic rings. The van der Waals surface area contributed by atoms with Crippen LogP contribution in [-0.2, 0) is 46.4 Å². The summed E-state index contributed by atoms with van der Waals surface area (Å²) >= 11 is 0. The van der Waals surface area contributed by atoms with Crippen LogP contribution in [0.4, 0.5) is 0 Å². The Kier molecular flexibility index (Phi) is 18.3. The Morgan fingerprint density at radius 2 is 1.22 bits per heavy atom. The molecule has 0 spiro atoms. The van der Waals surface area contributed by atoms with Crippen molar-refractivity contribution in [3.8, 4) is 0 Å². The Morgan fingerprint density at radius 1 is 0.692 bits per heavy atom. The Balaban J connectivity index is 1.65. The lowest BCUT2D eigenvalue weighted by atomic mass is 9.77. The number of rotatable bonds is 20. The monoisotopic (exact) mass is 901 g/mol. The molecule has 14 nitrogen and oxygen atoms in total. The van der Waals surface area contributed by atoms with E-state index in [4.69, 9.17) is 0 Å². The van der Waals surface area contributed by atoms with Gasteiger partial charge in [-0.15, -0.1) is 0 Å². The van der Waals surface area contributed by atoms with Crippen LogP contribution in [0.1, 0.15) is 125 Å². The molecule has 0 aromatic heterocycles. The maximum atomic E-state index is 14.6. The van der Waals surface area contributed by atoms with Gasteiger partial charge in [-0.25, -0.2) is 0 Å². The predicted octanol–water partition coefficient (Wildman–Crippen LogP) is 5.67. The minimum absolute atomic E-state index is 0.155. The second-order valence-electron chi connectivity index (χ2n) is 20.8. The van der Waals surface area contributed by atoms with Crippen LogP contribution in [-0.4, -0.2) is 107 Å². The van der Waals surface area contributed by atoms with E-state index in [0.717, 1.165) is 24.0 Å². The lowest BCUT2D eigenvalue weighted by Crippen LogP contribution is -2.65. The van der Waals surface area contributed by atoms with Gasteiger partial charge in [0, 0.05) is 32.1 Å². The molecule has 4 rings (SSSR count). The second-order valence-corrected chi connectivity index (χ2v) is 20.8. The Morgan fingerprint density at radius 3 is 1.66 bits per heavy atom. The number of carbonyl (C=O) groups is 7. The number of amides is 6. The van der Waals surface area contributed by atoms with Crippen molar-refractivity contribution in [2.24, 2.45) is 28.1 Å². The van der Waals surface area contributed by atoms with Crippen molar-refractivity contribution in [2.45, 2.75) is 157 Å². The molecule has 0 unspecified atom stereocenters. The summed E-state index contributed by atoms with van der Waals surface area (Å²) in [5.74, 6) is -5.53. The molecule has 2 fully saturated rings. The maximum Gasteiger partial charge on any atom is 0.312 e. The number of carbonyl (C=O) groups excluding carboxylic acids is 6. The van der Waals surface area contributed by atoms with Gasteiger partial charge in [0.1, 0.15) is 24.2 Å². The number of likely N-dealkylation sites (tertiary alicyclic amines) is 1. The molecule has 1 saturated heterocycles. The summed E-state index contributed by atoms with van der Waals surface area (Å²) in [6.07, 6.45) is 3.97. The number of nitrogens with zero attached hydrogens (tertiary/aromatic N) is 2. The summed E-state index contributed by atoms with van der Waals surface area (Å²) in [5.41, 5.74) is -0.958. The first-order chi connectivity index (χ1) is 30.5. The summed E-state index contributed by atoms with van der Waals surface area (Å²) in [4.78, 5) is 102. The molecule has 0 bridgehead atoms. The number of carboxylic acids is 1. The van der Waals surface area contributed by atoms with Crippen LogP contribution in [0, 0.1) is 28.1 Å². The summed E-state index contributed by atoms with van der Waals surface area (Å²) < 4.78 is 0. The Labute approximate surface area is 386 Å². The molecule has 65 heavy (non-hydrogen) atoms. The van der Waals surface area contributed by atoms with Gasteiger partial charge in [0.25, 0.3) is 0 Å². The summed E-state index contributed by atoms with van der Waals surface area (Å²) in [5, 5.41) is 22.1. The van der Waals surface area contributed by atoms with E-state index < -0.39 is 76.9 Å². The summed E-state index contributed by atoms with van der Waals surface area (Å²) in [6.45, 7) is 17.7. The van der Waals surface area contributed by atoms with Gasteiger partial charge in [-0.1, -0.05) is 136 Å². The van der Waals surface area contributed by atoms with Crippen LogP contribution >= 0.6 is 0 Å². The summed E-state index contributed by atoms with van der Waals surface area (Å²) in [6, 6.07) is 13.8. The third-order valence-electron chi connectivity index (χ3n) is 13.3. The van der Waals surface area contributed by atoms with E-state index in [9.17, 15) is 38.7 Å². The Bertz CT molecular complexity index is 1910. The highest BCUT2D eigenvalue weighted by Crippen LogP contribution is 2.42. The first kappa shape index (κ1) is 52.4. The van der Waals surface area contributed by atoms with E-state index >= 15 is 0 Å². The highest BCUT2D eigenvalue weighted by molar-refractivity contribution is 5.99. The van der Waals surface area contributed by atoms with Crippen molar-refractivity contribution in [1.29, 1.82) is 0 Å². The largest absolute Gasteiger partial charge is 0.481 e. The predicted molar refractivity (Wildman–Crippen MR) is 251 cm³/mol. The van der Waals surface area contributed by atoms with Crippen molar-refractivity contribution in [1.82, 2.24) is 31.1 Å². The number of likely N-dealkylation sites (N-methyl/N-ethyl adjacent to an activating group) is 1. The molecule has 5 atom stereocenters. The molecular weight excluding hydrogens is 825 g/mol. The first-order valence-electron chi connectivity index (χ1n) is 23.6. The van der Waals surface area contributed by atoms with Gasteiger partial charge in [-0.3, -0.25) is 33.6 Å². The molecule has 14 heteroatoms. The zero-order chi connectivity index (χ0) is 48.3. The van der Waals surface area contributed by atoms with Crippen molar-refractivity contribution in [3.05, 3.63) is 71.8 Å². The van der Waals surface area contributed by atoms with Crippen LogP contribution in [0.2, 0.25) is 0 Å². The molecule has 1 aliphatic heterocycles. The average molecular weight is 901 g/mol. The number of aliphatic carboxylic acids is 1. The quantitative estimate of drug-likeness (QED) is 0.112. The van der Waals surface area contributed by atoms with E-state index in [2.05, 4.69) is 21.3 Å². The molecule has 0 radical (unpaired) electrons. The Hall–Kier alpha value is -5.27. The van der Waals surface area contributed by atoms with Crippen molar-refractivity contribution in [2.75, 3.05) is 20.1 Å². The van der Waals surface area contributed by atoms with Crippen LogP contribution in [0.15, 0.2) is 60.7 Å². The van der Waals surface area contributed by atoms with Crippen LogP contribution < -0.4 is 21.3 Å². The number of carboxylic acid groups (broad SMARTS) is 1. The first-order valence-corrected chi connectivity index (χ1v) is 23.6. The average Bonchev–Trinajstić information content (AvgIpc) is 3.97. The van der Waals surface area contributed by atoms with Gasteiger partial charge in [0.15, 0.2) is 0 Å². The molecule has 1 heterocycles. The van der Waals surface area contributed by atoms with Gasteiger partial charge < -0.3 is 36.2 Å². The second kappa shape index (κ2) is 22.8. The third-order valence-corrected chi connectivity index (χ3v) is 13.3. The SMILES string of the molecule is CC[C@@H](NC(=O)[C@@H](NC(=O)[C@H](CC(=O)N1CCCC1)NC(=O)[C@@H](NC(=O)[C@H](C(C)C)N(C)C(=O)C(Cc1ccccc1)Cc1ccccc1)C(C)(C)C)C1(C(=O)O)CCCC1)C(C)(C)C. The van der Waals surface area contributed by atoms with Crippen molar-refractivity contribution >= 4 is 41.4 Å². The fourth-order valence-corrected chi connectivity index (χ4v) is 9.55. The van der Waals surface area contributed by atoms with Crippen LogP contribution in [0.3, 0.4) is 0 Å². The highest BCUT2D eigenvalue weighted by atomic mass is 16.4. The minimum Gasteiger partial charge on any atom is -0.481 e. The van der Waals surface area contributed by atoms with Gasteiger partial charge in [0.05, 0.1) is 11.8 Å². The number of nitrogens with one attached hydrogen (secondary N) is 4. The molecule has 1 aliphatic carbocycles. The van der Waals surface area contributed by atoms with E-state index in [1.165, 1.54) is 4.90 Å². The van der Waals surface area contributed by atoms with Crippen LogP contribution in [0.25, 0.3) is 0 Å². The molecule has 6 amide bonds. The maximum absolute atomic E-state index is 14.6. The topological polar surface area (TPSA) is 194 Å². The zero-order valence-corrected chi connectivity index (χ0v) is 40.5. The standard InChI is InChI=1S/C51H76N6O8/c1-11-38(49(4,5)6)53-46(62)42(51(48(64)65)26-18-19-27-51)55-43(59)37(32-39(58)57-28-20-21-29-57)52-45(61)41(50(7,8)9)54-44(60)40(33(2)3)56(10)47(63)36(30-34-22-14-12-15-23-34)31-35-24-16-13-17-25-35/h12-17,22-25,33,36-38,40-42H,11,18-21,26-32H2,1-10H3,(H,52,61)(H,53,62)(H,54,60)(H,55,59)(H,64,65)/t37-,38+,40-,41+,42+/m0/s1. The van der Waals surface area contributed by atoms with Crippen LogP contribution in [0.5, 0.6) is 0 Å². The van der Waals surface area contributed by atoms with Gasteiger partial charge in [-0.05, 0) is 72.8 Å². The van der Waals surface area contributed by atoms with Gasteiger partial charge in [0.2, 0.25) is 35.4 Å². The van der Waals surface area contributed by atoms with E-state index in [1.807, 2.05) is 102 Å². The number of hydrogen-bond acceptors (Lipinski definition) is 7. The lowest BCUT2D eigenvalue weighted by molar-refractivity contribution is -0.155. The lowest BCUT2D eigenvalue weighted by Gasteiger charge is -2.38. The number of hydrogen-bond donors (Lipinski definition) is 5. The van der Waals surface area contributed by atoms with Gasteiger partial charge >= 0.3 is 5.97 Å². The van der Waals surface area contributed by atoms with Crippen molar-refractivity contribution < 1.29 is 38.7 Å². The number of benzene rings is 2. The van der Waals surface area contributed by atoms with E-state index in [-0.39, 0.29) is 42.0 Å². The zero-order valence-electron chi connectivity index (χ0n) is 40.5. The molecule has 5 N–H and O–H groups in total. The normalized spacial score (nSPS) is 17.4. The molecular formula is C51H76N6O8. The smallest absolute Gasteiger partial charge is 0.312 e. The van der Waals surface area contributed by atoms with Gasteiger partial charge in [-0.2, -0.15) is 0 Å². The molecule has 1 saturated carbocycles. The van der Waals surface area contributed by atoms with Crippen molar-refractivity contribution in [3.63, 3.8) is 0 Å². The molecule has 358 valence electrons. The minimum atomic E-state index is -1.61. The fraction of sp³-hybridized carbons (Fsp3) is 0.627. The highest BCUT2D eigenvalue weighted by Gasteiger charge is 2.53. The van der Waals surface area contributed by atoms with E-state index in [1.54, 1.807) is 32.7 Å². The fourth-order valence-electron chi connectivity index (χ4n) is 9.55. The third kappa shape index (κ3) is 13.9. The van der Waals surface area contributed by atoms with E-state index in [0.29, 0.717) is 45.2 Å². The molecule has 2 aliphatic rings. The molecule has 2 aromatic carbocycles. The summed E-state index contributed by atoms with van der Waals surface area (Å²) in [7, 11) is 1.61.